The number of aryl methyl sites for hydroxylation is 1. The molecule has 1 saturated heterocycles. The van der Waals surface area contributed by atoms with Gasteiger partial charge in [-0.1, -0.05) is 17.8 Å². The lowest BCUT2D eigenvalue weighted by Gasteiger charge is -2.26. The molecule has 1 N–H and O–H groups in total. The Kier molecular flexibility index (Phi) is 3.96. The molecule has 0 spiro atoms. The lowest BCUT2D eigenvalue weighted by Crippen LogP contribution is -2.34. The van der Waals surface area contributed by atoms with Gasteiger partial charge in [-0.15, -0.1) is 0 Å². The molecular weight excluding hydrogens is 238 g/mol. The van der Waals surface area contributed by atoms with Gasteiger partial charge in [-0.2, -0.15) is 0 Å². The molecule has 2 rings (SSSR count). The van der Waals surface area contributed by atoms with E-state index in [9.17, 15) is 4.79 Å². The van der Waals surface area contributed by atoms with Crippen LogP contribution in [0.15, 0.2) is 0 Å². The summed E-state index contributed by atoms with van der Waals surface area (Å²) in [4.78, 5) is 16.4. The van der Waals surface area contributed by atoms with Gasteiger partial charge in [0.05, 0.1) is 12.8 Å². The maximum atomic E-state index is 11.4. The van der Waals surface area contributed by atoms with Crippen molar-refractivity contribution in [3.05, 3.63) is 10.6 Å². The van der Waals surface area contributed by atoms with Crippen molar-refractivity contribution in [3.8, 4) is 0 Å². The quantitative estimate of drug-likeness (QED) is 0.838. The number of hydrazine groups is 1. The number of nitrogens with zero attached hydrogens (tertiary/aromatic N) is 2. The molecule has 17 heavy (non-hydrogen) atoms. The van der Waals surface area contributed by atoms with Gasteiger partial charge in [0, 0.05) is 13.1 Å². The number of carbonyl (C=O) groups excluding carboxylic acids is 1. The van der Waals surface area contributed by atoms with Gasteiger partial charge in [0.2, 0.25) is 0 Å². The third kappa shape index (κ3) is 2.95. The summed E-state index contributed by atoms with van der Waals surface area (Å²) in [6.45, 7) is 3.89. The zero-order chi connectivity index (χ0) is 12.3. The number of thiazole rings is 1. The first-order valence-corrected chi connectivity index (χ1v) is 6.59. The molecule has 1 aliphatic rings. The Morgan fingerprint density at radius 2 is 2.12 bits per heavy atom. The highest BCUT2D eigenvalue weighted by molar-refractivity contribution is 7.17. The number of aromatic nitrogens is 1. The normalized spacial score (nSPS) is 16.8. The van der Waals surface area contributed by atoms with Gasteiger partial charge in [0.15, 0.2) is 5.13 Å². The van der Waals surface area contributed by atoms with Crippen LogP contribution in [0.3, 0.4) is 0 Å². The second kappa shape index (κ2) is 5.46. The van der Waals surface area contributed by atoms with Gasteiger partial charge in [-0.05, 0) is 19.8 Å². The molecule has 0 atom stereocenters. The van der Waals surface area contributed by atoms with Crippen molar-refractivity contribution in [2.24, 2.45) is 0 Å². The average molecular weight is 255 g/mol. The lowest BCUT2D eigenvalue weighted by atomic mass is 10.2. The highest BCUT2D eigenvalue weighted by Crippen LogP contribution is 2.24. The molecule has 2 heterocycles. The van der Waals surface area contributed by atoms with E-state index in [4.69, 9.17) is 4.74 Å². The summed E-state index contributed by atoms with van der Waals surface area (Å²) in [6, 6.07) is 0. The smallest absolute Gasteiger partial charge is 0.350 e. The monoisotopic (exact) mass is 255 g/mol. The van der Waals surface area contributed by atoms with E-state index in [0.29, 0.717) is 4.88 Å². The van der Waals surface area contributed by atoms with Crippen LogP contribution in [0.2, 0.25) is 0 Å². The van der Waals surface area contributed by atoms with E-state index >= 15 is 0 Å². The molecule has 0 amide bonds. The van der Waals surface area contributed by atoms with E-state index in [0.717, 1.165) is 23.9 Å². The number of anilines is 1. The van der Waals surface area contributed by atoms with Gasteiger partial charge in [0.25, 0.3) is 0 Å². The van der Waals surface area contributed by atoms with Crippen molar-refractivity contribution in [2.75, 3.05) is 25.6 Å². The number of hydrogen-bond acceptors (Lipinski definition) is 6. The number of rotatable bonds is 3. The first-order valence-electron chi connectivity index (χ1n) is 5.78. The number of carbonyl (C=O) groups is 1. The number of piperidine rings is 1. The van der Waals surface area contributed by atoms with Gasteiger partial charge < -0.3 is 4.74 Å². The Bertz CT molecular complexity index is 399. The molecule has 0 aromatic carbocycles. The molecule has 0 bridgehead atoms. The maximum Gasteiger partial charge on any atom is 0.350 e. The number of ether oxygens (including phenoxy) is 1. The zero-order valence-electron chi connectivity index (χ0n) is 10.2. The number of hydrogen-bond donors (Lipinski definition) is 1. The Morgan fingerprint density at radius 3 is 2.76 bits per heavy atom. The van der Waals surface area contributed by atoms with Crippen LogP contribution in [-0.4, -0.2) is 36.2 Å². The molecular formula is C11H17N3O2S. The van der Waals surface area contributed by atoms with Crippen LogP contribution in [-0.2, 0) is 4.74 Å². The predicted octanol–water partition coefficient (Wildman–Crippen LogP) is 2.05. The summed E-state index contributed by atoms with van der Waals surface area (Å²) in [6.07, 6.45) is 3.71. The van der Waals surface area contributed by atoms with E-state index in [-0.39, 0.29) is 5.97 Å². The molecule has 6 heteroatoms. The fraction of sp³-hybridized carbons (Fsp3) is 0.636. The van der Waals surface area contributed by atoms with Crippen LogP contribution in [0.5, 0.6) is 0 Å². The zero-order valence-corrected chi connectivity index (χ0v) is 11.0. The first kappa shape index (κ1) is 12.3. The molecule has 0 saturated carbocycles. The van der Waals surface area contributed by atoms with Crippen LogP contribution in [0, 0.1) is 6.92 Å². The van der Waals surface area contributed by atoms with Crippen molar-refractivity contribution in [3.63, 3.8) is 0 Å². The van der Waals surface area contributed by atoms with E-state index in [1.807, 2.05) is 6.92 Å². The minimum atomic E-state index is -0.313. The fourth-order valence-corrected chi connectivity index (χ4v) is 2.78. The Morgan fingerprint density at radius 1 is 1.41 bits per heavy atom. The molecule has 1 aliphatic heterocycles. The average Bonchev–Trinajstić information content (AvgIpc) is 2.70. The first-order chi connectivity index (χ1) is 8.20. The van der Waals surface area contributed by atoms with Gasteiger partial charge in [-0.3, -0.25) is 5.43 Å². The highest BCUT2D eigenvalue weighted by Gasteiger charge is 2.17. The molecule has 5 nitrogen and oxygen atoms in total. The topological polar surface area (TPSA) is 54.5 Å². The lowest BCUT2D eigenvalue weighted by molar-refractivity contribution is 0.0605. The minimum absolute atomic E-state index is 0.313. The predicted molar refractivity (Wildman–Crippen MR) is 67.2 cm³/mol. The van der Waals surface area contributed by atoms with Gasteiger partial charge >= 0.3 is 5.97 Å². The molecule has 0 radical (unpaired) electrons. The van der Waals surface area contributed by atoms with Gasteiger partial charge in [0.1, 0.15) is 4.88 Å². The van der Waals surface area contributed by atoms with E-state index in [1.54, 1.807) is 0 Å². The van der Waals surface area contributed by atoms with Crippen molar-refractivity contribution >= 4 is 22.4 Å². The van der Waals surface area contributed by atoms with Crippen molar-refractivity contribution in [1.29, 1.82) is 0 Å². The third-order valence-electron chi connectivity index (χ3n) is 2.78. The van der Waals surface area contributed by atoms with Crippen LogP contribution in [0.4, 0.5) is 5.13 Å². The number of esters is 1. The van der Waals surface area contributed by atoms with Crippen LogP contribution >= 0.6 is 11.3 Å². The molecule has 1 fully saturated rings. The van der Waals surface area contributed by atoms with Crippen molar-refractivity contribution < 1.29 is 9.53 Å². The van der Waals surface area contributed by atoms with Gasteiger partial charge in [-0.25, -0.2) is 14.8 Å². The fourth-order valence-electron chi connectivity index (χ4n) is 1.87. The van der Waals surface area contributed by atoms with E-state index in [1.165, 1.54) is 37.7 Å². The maximum absolute atomic E-state index is 11.4. The van der Waals surface area contributed by atoms with Crippen LogP contribution < -0.4 is 5.43 Å². The SMILES string of the molecule is COC(=O)c1sc(NN2CCCCC2)nc1C. The second-order valence-corrected chi connectivity index (χ2v) is 5.08. The van der Waals surface area contributed by atoms with Crippen LogP contribution in [0.25, 0.3) is 0 Å². The summed E-state index contributed by atoms with van der Waals surface area (Å²) in [5, 5.41) is 2.92. The molecule has 94 valence electrons. The summed E-state index contributed by atoms with van der Waals surface area (Å²) >= 11 is 1.35. The van der Waals surface area contributed by atoms with E-state index in [2.05, 4.69) is 15.4 Å². The third-order valence-corrected chi connectivity index (χ3v) is 3.82. The number of nitrogens with one attached hydrogen (secondary N) is 1. The second-order valence-electron chi connectivity index (χ2n) is 4.08. The molecule has 0 unspecified atom stereocenters. The van der Waals surface area contributed by atoms with Crippen molar-refractivity contribution in [2.45, 2.75) is 26.2 Å². The molecule has 1 aromatic heterocycles. The minimum Gasteiger partial charge on any atom is -0.465 e. The number of methoxy groups -OCH3 is 1. The molecule has 0 aliphatic carbocycles. The largest absolute Gasteiger partial charge is 0.465 e. The van der Waals surface area contributed by atoms with Crippen LogP contribution in [0.1, 0.15) is 34.6 Å². The standard InChI is InChI=1S/C11H17N3O2S/c1-8-9(10(15)16-2)17-11(12-8)13-14-6-4-3-5-7-14/h3-7H2,1-2H3,(H,12,13). The molecule has 1 aromatic rings. The summed E-state index contributed by atoms with van der Waals surface area (Å²) < 4.78 is 4.71. The van der Waals surface area contributed by atoms with E-state index < -0.39 is 0 Å². The summed E-state index contributed by atoms with van der Waals surface area (Å²) in [5.41, 5.74) is 3.98. The Balaban J connectivity index is 2.03. The Labute approximate surface area is 105 Å². The van der Waals surface area contributed by atoms with Crippen molar-refractivity contribution in [1.82, 2.24) is 9.99 Å². The Hall–Kier alpha value is -1.14. The summed E-state index contributed by atoms with van der Waals surface area (Å²) in [7, 11) is 1.39. The summed E-state index contributed by atoms with van der Waals surface area (Å²) in [5.74, 6) is -0.313. The highest BCUT2D eigenvalue weighted by atomic mass is 32.1.